The lowest BCUT2D eigenvalue weighted by atomic mass is 9.97. The molecule has 2 rings (SSSR count). The fraction of sp³-hybridized carbons (Fsp3) is 0.462. The predicted molar refractivity (Wildman–Crippen MR) is 86.0 cm³/mol. The molecule has 1 aromatic rings. The van der Waals surface area contributed by atoms with Gasteiger partial charge in [0.2, 0.25) is 0 Å². The van der Waals surface area contributed by atoms with Gasteiger partial charge in [0.1, 0.15) is 0 Å². The third-order valence-corrected chi connectivity index (χ3v) is 5.26. The van der Waals surface area contributed by atoms with E-state index in [2.05, 4.69) is 35.1 Å². The number of nitrogens with zero attached hydrogens (tertiary/aromatic N) is 1. The molecular formula is C13H16BrClN2S. The van der Waals surface area contributed by atoms with E-state index in [-0.39, 0.29) is 5.54 Å². The van der Waals surface area contributed by atoms with Gasteiger partial charge in [0.25, 0.3) is 0 Å². The minimum atomic E-state index is 0.106. The van der Waals surface area contributed by atoms with E-state index in [0.717, 1.165) is 33.9 Å². The molecule has 0 amide bonds. The maximum Gasteiger partial charge on any atom is 0.161 e. The predicted octanol–water partition coefficient (Wildman–Crippen LogP) is 5.18. The number of halogens is 2. The summed E-state index contributed by atoms with van der Waals surface area (Å²) < 4.78 is 0.982. The molecule has 1 aromatic carbocycles. The monoisotopic (exact) mass is 346 g/mol. The molecule has 0 fully saturated rings. The van der Waals surface area contributed by atoms with Crippen LogP contribution >= 0.6 is 39.3 Å². The second kappa shape index (κ2) is 5.85. The Bertz CT molecular complexity index is 472. The Labute approximate surface area is 126 Å². The zero-order chi connectivity index (χ0) is 13.2. The molecule has 1 heterocycles. The third kappa shape index (κ3) is 3.03. The summed E-state index contributed by atoms with van der Waals surface area (Å²) >= 11 is 11.4. The van der Waals surface area contributed by atoms with E-state index in [9.17, 15) is 0 Å². The first-order valence-corrected chi connectivity index (χ1v) is 8.19. The van der Waals surface area contributed by atoms with Crippen molar-refractivity contribution in [1.29, 1.82) is 0 Å². The van der Waals surface area contributed by atoms with Crippen molar-refractivity contribution in [2.45, 2.75) is 32.2 Å². The SMILES string of the molecule is CCC1(CC)CSC(Nc2ccc(Br)cc2Cl)=N1. The molecule has 0 aliphatic carbocycles. The van der Waals surface area contributed by atoms with Crippen molar-refractivity contribution in [3.63, 3.8) is 0 Å². The van der Waals surface area contributed by atoms with E-state index in [4.69, 9.17) is 16.6 Å². The highest BCUT2D eigenvalue weighted by Crippen LogP contribution is 2.35. The number of amidine groups is 1. The Morgan fingerprint density at radius 3 is 2.72 bits per heavy atom. The summed E-state index contributed by atoms with van der Waals surface area (Å²) in [4.78, 5) is 4.81. The van der Waals surface area contributed by atoms with E-state index in [1.165, 1.54) is 0 Å². The van der Waals surface area contributed by atoms with Gasteiger partial charge in [-0.25, -0.2) is 0 Å². The lowest BCUT2D eigenvalue weighted by Crippen LogP contribution is -2.24. The van der Waals surface area contributed by atoms with Crippen LogP contribution in [-0.2, 0) is 0 Å². The molecule has 1 aliphatic heterocycles. The van der Waals surface area contributed by atoms with E-state index < -0.39 is 0 Å². The number of aliphatic imine (C=N–C) groups is 1. The summed E-state index contributed by atoms with van der Waals surface area (Å²) in [5, 5.41) is 5.00. The topological polar surface area (TPSA) is 24.4 Å². The highest BCUT2D eigenvalue weighted by Gasteiger charge is 2.32. The molecule has 0 spiro atoms. The molecule has 2 nitrogen and oxygen atoms in total. The van der Waals surface area contributed by atoms with Crippen LogP contribution in [0.3, 0.4) is 0 Å². The van der Waals surface area contributed by atoms with Gasteiger partial charge >= 0.3 is 0 Å². The minimum absolute atomic E-state index is 0.106. The van der Waals surface area contributed by atoms with Gasteiger partial charge in [-0.15, -0.1) is 0 Å². The Morgan fingerprint density at radius 1 is 1.44 bits per heavy atom. The summed E-state index contributed by atoms with van der Waals surface area (Å²) in [6.07, 6.45) is 2.16. The van der Waals surface area contributed by atoms with Gasteiger partial charge in [-0.2, -0.15) is 0 Å². The van der Waals surface area contributed by atoms with Crippen molar-refractivity contribution in [2.24, 2.45) is 4.99 Å². The van der Waals surface area contributed by atoms with Crippen LogP contribution in [-0.4, -0.2) is 16.5 Å². The van der Waals surface area contributed by atoms with Crippen LogP contribution in [0.2, 0.25) is 5.02 Å². The van der Waals surface area contributed by atoms with E-state index in [1.54, 1.807) is 11.8 Å². The summed E-state index contributed by atoms with van der Waals surface area (Å²) in [5.41, 5.74) is 1.02. The first-order chi connectivity index (χ1) is 8.58. The maximum atomic E-state index is 6.19. The van der Waals surface area contributed by atoms with Gasteiger partial charge in [0.05, 0.1) is 16.2 Å². The zero-order valence-electron chi connectivity index (χ0n) is 10.5. The zero-order valence-corrected chi connectivity index (χ0v) is 13.6. The van der Waals surface area contributed by atoms with Crippen molar-refractivity contribution in [1.82, 2.24) is 0 Å². The summed E-state index contributed by atoms with van der Waals surface area (Å²) in [7, 11) is 0. The van der Waals surface area contributed by atoms with E-state index in [0.29, 0.717) is 5.02 Å². The van der Waals surface area contributed by atoms with Gasteiger partial charge in [0, 0.05) is 10.2 Å². The van der Waals surface area contributed by atoms with Crippen molar-refractivity contribution < 1.29 is 0 Å². The number of hydrogen-bond acceptors (Lipinski definition) is 3. The fourth-order valence-corrected chi connectivity index (χ4v) is 3.90. The highest BCUT2D eigenvalue weighted by atomic mass is 79.9. The van der Waals surface area contributed by atoms with Gasteiger partial charge in [-0.3, -0.25) is 4.99 Å². The molecule has 5 heteroatoms. The molecular weight excluding hydrogens is 332 g/mol. The molecule has 98 valence electrons. The molecule has 1 N–H and O–H groups in total. The third-order valence-electron chi connectivity index (χ3n) is 3.31. The molecule has 0 aromatic heterocycles. The number of nitrogens with one attached hydrogen (secondary N) is 1. The van der Waals surface area contributed by atoms with Crippen molar-refractivity contribution in [3.8, 4) is 0 Å². The number of thioether (sulfide) groups is 1. The van der Waals surface area contributed by atoms with E-state index >= 15 is 0 Å². The number of hydrogen-bond donors (Lipinski definition) is 1. The van der Waals surface area contributed by atoms with Gasteiger partial charge in [-0.05, 0) is 31.0 Å². The van der Waals surface area contributed by atoms with Gasteiger partial charge < -0.3 is 5.32 Å². The molecule has 0 radical (unpaired) electrons. The Kier molecular flexibility index (Phi) is 4.62. The van der Waals surface area contributed by atoms with Crippen LogP contribution in [0.15, 0.2) is 27.7 Å². The molecule has 1 aliphatic rings. The van der Waals surface area contributed by atoms with E-state index in [1.807, 2.05) is 18.2 Å². The Balaban J connectivity index is 2.15. The van der Waals surface area contributed by atoms with Crippen LogP contribution in [0, 0.1) is 0 Å². The minimum Gasteiger partial charge on any atom is -0.334 e. The van der Waals surface area contributed by atoms with Gasteiger partial charge in [-0.1, -0.05) is 53.1 Å². The molecule has 0 unspecified atom stereocenters. The smallest absolute Gasteiger partial charge is 0.161 e. The average Bonchev–Trinajstić information content (AvgIpc) is 2.77. The molecule has 0 saturated carbocycles. The van der Waals surface area contributed by atoms with Crippen molar-refractivity contribution in [3.05, 3.63) is 27.7 Å². The second-order valence-electron chi connectivity index (χ2n) is 4.39. The first kappa shape index (κ1) is 14.2. The highest BCUT2D eigenvalue weighted by molar-refractivity contribution is 9.10. The molecule has 0 atom stereocenters. The van der Waals surface area contributed by atoms with Crippen molar-refractivity contribution in [2.75, 3.05) is 11.1 Å². The number of anilines is 1. The summed E-state index contributed by atoms with van der Waals surface area (Å²) in [6.45, 7) is 4.40. The normalized spacial score (nSPS) is 17.7. The summed E-state index contributed by atoms with van der Waals surface area (Å²) in [6, 6.07) is 5.83. The first-order valence-electron chi connectivity index (χ1n) is 6.03. The largest absolute Gasteiger partial charge is 0.334 e. The average molecular weight is 348 g/mol. The lowest BCUT2D eigenvalue weighted by Gasteiger charge is -2.20. The Hall–Kier alpha value is -0.190. The maximum absolute atomic E-state index is 6.19. The Morgan fingerprint density at radius 2 is 2.17 bits per heavy atom. The number of benzene rings is 1. The van der Waals surface area contributed by atoms with Crippen LogP contribution in [0.5, 0.6) is 0 Å². The second-order valence-corrected chi connectivity index (χ2v) is 6.67. The van der Waals surface area contributed by atoms with Crippen LogP contribution < -0.4 is 5.32 Å². The number of rotatable bonds is 3. The van der Waals surface area contributed by atoms with Gasteiger partial charge in [0.15, 0.2) is 5.17 Å². The fourth-order valence-electron chi connectivity index (χ4n) is 1.86. The quantitative estimate of drug-likeness (QED) is 0.815. The van der Waals surface area contributed by atoms with Crippen LogP contribution in [0.25, 0.3) is 0 Å². The van der Waals surface area contributed by atoms with Crippen LogP contribution in [0.4, 0.5) is 5.69 Å². The molecule has 0 saturated heterocycles. The standard InChI is InChI=1S/C13H16BrClN2S/c1-3-13(4-2)8-18-12(17-13)16-11-6-5-9(14)7-10(11)15/h5-7H,3-4,8H2,1-2H3,(H,16,17). The molecule has 0 bridgehead atoms. The summed E-state index contributed by atoms with van der Waals surface area (Å²) in [5.74, 6) is 1.05. The lowest BCUT2D eigenvalue weighted by molar-refractivity contribution is 0.456. The van der Waals surface area contributed by atoms with Crippen LogP contribution in [0.1, 0.15) is 26.7 Å². The molecule has 18 heavy (non-hydrogen) atoms. The van der Waals surface area contributed by atoms with Crippen molar-refractivity contribution >= 4 is 50.1 Å².